The summed E-state index contributed by atoms with van der Waals surface area (Å²) in [5.41, 5.74) is 0.152. The summed E-state index contributed by atoms with van der Waals surface area (Å²) in [5, 5.41) is 0. The molecule has 0 aliphatic heterocycles. The summed E-state index contributed by atoms with van der Waals surface area (Å²) in [6.45, 7) is 1.50. The molecule has 0 radical (unpaired) electrons. The number of ether oxygens (including phenoxy) is 5. The van der Waals surface area contributed by atoms with Crippen LogP contribution in [0.3, 0.4) is 0 Å². The number of esters is 3. The lowest BCUT2D eigenvalue weighted by Crippen LogP contribution is -2.18. The highest BCUT2D eigenvalue weighted by Gasteiger charge is 2.18. The number of carbonyl (C=O) groups is 4. The Morgan fingerprint density at radius 2 is 1.33 bits per heavy atom. The molecule has 0 bridgehead atoms. The van der Waals surface area contributed by atoms with E-state index in [1.54, 1.807) is 31.2 Å². The van der Waals surface area contributed by atoms with E-state index in [1.807, 2.05) is 0 Å². The Labute approximate surface area is 172 Å². The van der Waals surface area contributed by atoms with E-state index in [0.29, 0.717) is 0 Å². The van der Waals surface area contributed by atoms with Gasteiger partial charge in [0.15, 0.2) is 0 Å². The van der Waals surface area contributed by atoms with E-state index in [0.717, 1.165) is 0 Å². The Morgan fingerprint density at radius 3 is 1.93 bits per heavy atom. The Kier molecular flexibility index (Phi) is 8.37. The minimum Gasteiger partial charge on any atom is -0.465 e. The molecule has 0 saturated carbocycles. The lowest BCUT2D eigenvalue weighted by Gasteiger charge is -2.10. The molecule has 0 amide bonds. The van der Waals surface area contributed by atoms with E-state index in [2.05, 4.69) is 4.74 Å². The number of rotatable bonds is 8. The summed E-state index contributed by atoms with van der Waals surface area (Å²) in [6.07, 6.45) is -1.39. The van der Waals surface area contributed by atoms with Gasteiger partial charge in [-0.1, -0.05) is 24.3 Å². The van der Waals surface area contributed by atoms with Crippen LogP contribution in [-0.2, 0) is 19.0 Å². The van der Waals surface area contributed by atoms with Crippen LogP contribution in [0.2, 0.25) is 0 Å². The van der Waals surface area contributed by atoms with E-state index >= 15 is 0 Å². The van der Waals surface area contributed by atoms with Crippen molar-refractivity contribution in [2.75, 3.05) is 20.3 Å². The lowest BCUT2D eigenvalue weighted by molar-refractivity contribution is -0.135. The van der Waals surface area contributed by atoms with E-state index in [4.69, 9.17) is 18.9 Å². The molecule has 158 valence electrons. The molecule has 9 nitrogen and oxygen atoms in total. The molecule has 9 heteroatoms. The zero-order valence-electron chi connectivity index (χ0n) is 16.4. The highest BCUT2D eigenvalue weighted by atomic mass is 16.7. The van der Waals surface area contributed by atoms with Gasteiger partial charge in [0, 0.05) is 0 Å². The summed E-state index contributed by atoms with van der Waals surface area (Å²) in [4.78, 5) is 47.4. The molecule has 0 aliphatic rings. The minimum atomic E-state index is -1.11. The zero-order chi connectivity index (χ0) is 21.9. The lowest BCUT2D eigenvalue weighted by atomic mass is 10.2. The molecular formula is C21H20O9. The average Bonchev–Trinajstić information content (AvgIpc) is 2.74. The van der Waals surface area contributed by atoms with Gasteiger partial charge in [-0.3, -0.25) is 4.79 Å². The van der Waals surface area contributed by atoms with E-state index in [-0.39, 0.29) is 42.3 Å². The number of carbonyl (C=O) groups excluding carboxylic acids is 4. The van der Waals surface area contributed by atoms with Gasteiger partial charge >= 0.3 is 24.1 Å². The number of hydrogen-bond donors (Lipinski definition) is 0. The second-order valence-electron chi connectivity index (χ2n) is 5.63. The molecule has 0 atom stereocenters. The van der Waals surface area contributed by atoms with Crippen molar-refractivity contribution in [2.24, 2.45) is 0 Å². The smallest absolute Gasteiger partial charge is 0.465 e. The fourth-order valence-corrected chi connectivity index (χ4v) is 2.28. The standard InChI is InChI=1S/C21H20O9/c1-3-27-20(24)15-9-5-6-10-16(15)29-18(22)12-13-28-21(25)30-17-11-7-4-8-14(17)19(23)26-2/h4-11H,3,12-13H2,1-2H3. The summed E-state index contributed by atoms with van der Waals surface area (Å²) < 4.78 is 24.5. The van der Waals surface area contributed by atoms with Gasteiger partial charge in [0.1, 0.15) is 29.2 Å². The Bertz CT molecular complexity index is 920. The fraction of sp³-hybridized carbons (Fsp3) is 0.238. The van der Waals surface area contributed by atoms with Crippen LogP contribution in [0, 0.1) is 0 Å². The van der Waals surface area contributed by atoms with Crippen molar-refractivity contribution < 1.29 is 42.9 Å². The van der Waals surface area contributed by atoms with Crippen molar-refractivity contribution in [1.29, 1.82) is 0 Å². The molecule has 2 aromatic carbocycles. The third kappa shape index (κ3) is 6.33. The Balaban J connectivity index is 1.87. The monoisotopic (exact) mass is 416 g/mol. The quantitative estimate of drug-likeness (QED) is 0.277. The molecule has 0 heterocycles. The summed E-state index contributed by atoms with van der Waals surface area (Å²) >= 11 is 0. The van der Waals surface area contributed by atoms with E-state index in [9.17, 15) is 19.2 Å². The Morgan fingerprint density at radius 1 is 0.767 bits per heavy atom. The van der Waals surface area contributed by atoms with Crippen LogP contribution in [0.5, 0.6) is 11.5 Å². The van der Waals surface area contributed by atoms with Crippen LogP contribution in [0.25, 0.3) is 0 Å². The molecule has 0 saturated heterocycles. The van der Waals surface area contributed by atoms with Crippen LogP contribution in [0.15, 0.2) is 48.5 Å². The SMILES string of the molecule is CCOC(=O)c1ccccc1OC(=O)CCOC(=O)Oc1ccccc1C(=O)OC. The summed E-state index contributed by atoms with van der Waals surface area (Å²) in [6, 6.07) is 12.1. The highest BCUT2D eigenvalue weighted by molar-refractivity contribution is 5.94. The van der Waals surface area contributed by atoms with Gasteiger partial charge in [0.2, 0.25) is 0 Å². The summed E-state index contributed by atoms with van der Waals surface area (Å²) in [5.74, 6) is -2.03. The van der Waals surface area contributed by atoms with Crippen LogP contribution < -0.4 is 9.47 Å². The molecule has 2 rings (SSSR count). The highest BCUT2D eigenvalue weighted by Crippen LogP contribution is 2.20. The molecule has 0 N–H and O–H groups in total. The van der Waals surface area contributed by atoms with Gasteiger partial charge < -0.3 is 23.7 Å². The maximum atomic E-state index is 12.0. The topological polar surface area (TPSA) is 114 Å². The van der Waals surface area contributed by atoms with Gasteiger partial charge in [-0.15, -0.1) is 0 Å². The molecule has 0 aliphatic carbocycles. The number of para-hydroxylation sites is 2. The van der Waals surface area contributed by atoms with Crippen LogP contribution in [0.4, 0.5) is 4.79 Å². The van der Waals surface area contributed by atoms with Gasteiger partial charge in [0.05, 0.1) is 20.1 Å². The van der Waals surface area contributed by atoms with Gasteiger partial charge in [-0.05, 0) is 31.2 Å². The average molecular weight is 416 g/mol. The van der Waals surface area contributed by atoms with Crippen LogP contribution in [-0.4, -0.2) is 44.4 Å². The van der Waals surface area contributed by atoms with Crippen molar-refractivity contribution in [2.45, 2.75) is 13.3 Å². The molecule has 0 fully saturated rings. The first-order valence-electron chi connectivity index (χ1n) is 8.95. The zero-order valence-corrected chi connectivity index (χ0v) is 16.4. The predicted octanol–water partition coefficient (Wildman–Crippen LogP) is 3.16. The largest absolute Gasteiger partial charge is 0.513 e. The van der Waals surface area contributed by atoms with Crippen LogP contribution >= 0.6 is 0 Å². The molecule has 30 heavy (non-hydrogen) atoms. The summed E-state index contributed by atoms with van der Waals surface area (Å²) in [7, 11) is 1.20. The first-order valence-corrected chi connectivity index (χ1v) is 8.95. The van der Waals surface area contributed by atoms with Crippen molar-refractivity contribution in [3.63, 3.8) is 0 Å². The third-order valence-corrected chi connectivity index (χ3v) is 3.62. The fourth-order valence-electron chi connectivity index (χ4n) is 2.28. The normalized spacial score (nSPS) is 9.93. The first kappa shape index (κ1) is 22.4. The molecule has 0 unspecified atom stereocenters. The van der Waals surface area contributed by atoms with Crippen molar-refractivity contribution in [1.82, 2.24) is 0 Å². The van der Waals surface area contributed by atoms with Crippen molar-refractivity contribution in [3.8, 4) is 11.5 Å². The Hall–Kier alpha value is -3.88. The second kappa shape index (κ2) is 11.2. The van der Waals surface area contributed by atoms with Gasteiger partial charge in [-0.25, -0.2) is 14.4 Å². The molecule has 2 aromatic rings. The maximum Gasteiger partial charge on any atom is 0.513 e. The maximum absolute atomic E-state index is 12.0. The predicted molar refractivity (Wildman–Crippen MR) is 102 cm³/mol. The minimum absolute atomic E-state index is 0.0375. The first-order chi connectivity index (χ1) is 14.5. The van der Waals surface area contributed by atoms with Crippen molar-refractivity contribution >= 4 is 24.1 Å². The van der Waals surface area contributed by atoms with Gasteiger partial charge in [0.25, 0.3) is 0 Å². The molecular weight excluding hydrogens is 396 g/mol. The van der Waals surface area contributed by atoms with Crippen LogP contribution in [0.1, 0.15) is 34.1 Å². The third-order valence-electron chi connectivity index (χ3n) is 3.62. The van der Waals surface area contributed by atoms with E-state index < -0.39 is 24.1 Å². The van der Waals surface area contributed by atoms with Crippen molar-refractivity contribution in [3.05, 3.63) is 59.7 Å². The number of hydrogen-bond acceptors (Lipinski definition) is 9. The number of methoxy groups -OCH3 is 1. The molecule has 0 aromatic heterocycles. The number of benzene rings is 2. The molecule has 0 spiro atoms. The van der Waals surface area contributed by atoms with E-state index in [1.165, 1.54) is 31.4 Å². The van der Waals surface area contributed by atoms with Gasteiger partial charge in [-0.2, -0.15) is 0 Å². The second-order valence-corrected chi connectivity index (χ2v) is 5.63.